The standard InChI is InChI=1S/C17H27NO/c1-5-15-7-9-16(10-8-15)13-17(3,6-2)14-18-11-12-19-4/h6-10,18H,2,5,11-14H2,1,3-4H3. The highest BCUT2D eigenvalue weighted by Crippen LogP contribution is 2.23. The molecule has 2 heteroatoms. The highest BCUT2D eigenvalue weighted by molar-refractivity contribution is 5.24. The molecule has 1 N–H and O–H groups in total. The molecule has 0 aliphatic rings. The lowest BCUT2D eigenvalue weighted by molar-refractivity contribution is 0.196. The van der Waals surface area contributed by atoms with Crippen LogP contribution >= 0.6 is 0 Å². The van der Waals surface area contributed by atoms with E-state index in [2.05, 4.69) is 56.1 Å². The molecule has 2 nitrogen and oxygen atoms in total. The fourth-order valence-electron chi connectivity index (χ4n) is 2.11. The van der Waals surface area contributed by atoms with Gasteiger partial charge in [0.25, 0.3) is 0 Å². The molecule has 0 aliphatic heterocycles. The van der Waals surface area contributed by atoms with Gasteiger partial charge in [-0.15, -0.1) is 6.58 Å². The topological polar surface area (TPSA) is 21.3 Å². The summed E-state index contributed by atoms with van der Waals surface area (Å²) in [7, 11) is 1.73. The van der Waals surface area contributed by atoms with Crippen molar-refractivity contribution in [3.8, 4) is 0 Å². The highest BCUT2D eigenvalue weighted by Gasteiger charge is 2.20. The second-order valence-corrected chi connectivity index (χ2v) is 5.37. The van der Waals surface area contributed by atoms with Crippen LogP contribution in [0.1, 0.15) is 25.0 Å². The van der Waals surface area contributed by atoms with Crippen LogP contribution in [0.3, 0.4) is 0 Å². The number of nitrogens with one attached hydrogen (secondary N) is 1. The average molecular weight is 261 g/mol. The predicted molar refractivity (Wildman–Crippen MR) is 82.6 cm³/mol. The van der Waals surface area contributed by atoms with Crippen molar-refractivity contribution in [3.63, 3.8) is 0 Å². The van der Waals surface area contributed by atoms with Crippen molar-refractivity contribution in [2.45, 2.75) is 26.7 Å². The smallest absolute Gasteiger partial charge is 0.0587 e. The molecule has 19 heavy (non-hydrogen) atoms. The number of aryl methyl sites for hydroxylation is 1. The number of rotatable bonds is 9. The molecule has 1 aromatic carbocycles. The van der Waals surface area contributed by atoms with E-state index < -0.39 is 0 Å². The number of hydrogen-bond donors (Lipinski definition) is 1. The first kappa shape index (κ1) is 15.9. The lowest BCUT2D eigenvalue weighted by Crippen LogP contribution is -2.33. The summed E-state index contributed by atoms with van der Waals surface area (Å²) in [5.74, 6) is 0. The first-order valence-corrected chi connectivity index (χ1v) is 7.04. The zero-order valence-electron chi connectivity index (χ0n) is 12.5. The Bertz CT molecular complexity index is 371. The van der Waals surface area contributed by atoms with Crippen LogP contribution in [0.15, 0.2) is 36.9 Å². The third-order valence-corrected chi connectivity index (χ3v) is 3.54. The molecule has 0 amide bonds. The maximum absolute atomic E-state index is 5.05. The maximum atomic E-state index is 5.05. The number of benzene rings is 1. The average Bonchev–Trinajstić information content (AvgIpc) is 2.44. The Morgan fingerprint density at radius 2 is 1.89 bits per heavy atom. The lowest BCUT2D eigenvalue weighted by atomic mass is 9.83. The molecular formula is C17H27NO. The van der Waals surface area contributed by atoms with Gasteiger partial charge in [-0.1, -0.05) is 44.2 Å². The lowest BCUT2D eigenvalue weighted by Gasteiger charge is -2.26. The van der Waals surface area contributed by atoms with Crippen molar-refractivity contribution in [1.29, 1.82) is 0 Å². The van der Waals surface area contributed by atoms with Crippen LogP contribution in [-0.4, -0.2) is 26.8 Å². The quantitative estimate of drug-likeness (QED) is 0.544. The van der Waals surface area contributed by atoms with E-state index in [1.165, 1.54) is 11.1 Å². The number of hydrogen-bond acceptors (Lipinski definition) is 2. The second-order valence-electron chi connectivity index (χ2n) is 5.37. The van der Waals surface area contributed by atoms with Gasteiger partial charge in [0.05, 0.1) is 6.61 Å². The van der Waals surface area contributed by atoms with E-state index >= 15 is 0 Å². The summed E-state index contributed by atoms with van der Waals surface area (Å²) in [6.07, 6.45) is 4.17. The molecule has 0 aromatic heterocycles. The molecule has 1 aromatic rings. The van der Waals surface area contributed by atoms with E-state index in [4.69, 9.17) is 4.74 Å². The molecule has 0 bridgehead atoms. The van der Waals surface area contributed by atoms with Gasteiger partial charge in [0.2, 0.25) is 0 Å². The van der Waals surface area contributed by atoms with E-state index in [-0.39, 0.29) is 5.41 Å². The molecule has 1 unspecified atom stereocenters. The SMILES string of the molecule is C=CC(C)(CNCCOC)Cc1ccc(CC)cc1. The molecule has 0 fully saturated rings. The van der Waals surface area contributed by atoms with Gasteiger partial charge in [-0.3, -0.25) is 0 Å². The molecule has 1 rings (SSSR count). The van der Waals surface area contributed by atoms with Crippen LogP contribution in [-0.2, 0) is 17.6 Å². The van der Waals surface area contributed by atoms with E-state index in [0.29, 0.717) is 0 Å². The summed E-state index contributed by atoms with van der Waals surface area (Å²) in [6, 6.07) is 8.90. The van der Waals surface area contributed by atoms with E-state index in [0.717, 1.165) is 32.5 Å². The van der Waals surface area contributed by atoms with E-state index in [1.807, 2.05) is 0 Å². The largest absolute Gasteiger partial charge is 0.383 e. The molecule has 0 saturated heterocycles. The maximum Gasteiger partial charge on any atom is 0.0587 e. The van der Waals surface area contributed by atoms with E-state index in [1.54, 1.807) is 7.11 Å². The van der Waals surface area contributed by atoms with Gasteiger partial charge in [0, 0.05) is 25.6 Å². The molecule has 0 spiro atoms. The first-order valence-electron chi connectivity index (χ1n) is 7.04. The van der Waals surface area contributed by atoms with Crippen molar-refractivity contribution < 1.29 is 4.74 Å². The third-order valence-electron chi connectivity index (χ3n) is 3.54. The van der Waals surface area contributed by atoms with Gasteiger partial charge in [-0.05, 0) is 24.0 Å². The van der Waals surface area contributed by atoms with Crippen LogP contribution in [0.5, 0.6) is 0 Å². The Balaban J connectivity index is 2.55. The Labute approximate surface area is 117 Å². The van der Waals surface area contributed by atoms with Crippen molar-refractivity contribution in [3.05, 3.63) is 48.0 Å². The van der Waals surface area contributed by atoms with Crippen LogP contribution < -0.4 is 5.32 Å². The fourth-order valence-corrected chi connectivity index (χ4v) is 2.11. The Morgan fingerprint density at radius 3 is 2.42 bits per heavy atom. The summed E-state index contributed by atoms with van der Waals surface area (Å²) in [4.78, 5) is 0. The van der Waals surface area contributed by atoms with Crippen molar-refractivity contribution >= 4 is 0 Å². The predicted octanol–water partition coefficient (Wildman–Crippen LogP) is 3.22. The monoisotopic (exact) mass is 261 g/mol. The minimum absolute atomic E-state index is 0.0848. The Hall–Kier alpha value is -1.12. The summed E-state index contributed by atoms with van der Waals surface area (Å²) in [5, 5.41) is 3.42. The van der Waals surface area contributed by atoms with Crippen molar-refractivity contribution in [2.75, 3.05) is 26.8 Å². The van der Waals surface area contributed by atoms with Gasteiger partial charge < -0.3 is 10.1 Å². The second kappa shape index (κ2) is 8.13. The number of methoxy groups -OCH3 is 1. The van der Waals surface area contributed by atoms with Crippen molar-refractivity contribution in [2.24, 2.45) is 5.41 Å². The molecule has 0 saturated carbocycles. The Morgan fingerprint density at radius 1 is 1.26 bits per heavy atom. The summed E-state index contributed by atoms with van der Waals surface area (Å²) in [6.45, 7) is 11.0. The molecule has 0 aliphatic carbocycles. The molecule has 106 valence electrons. The third kappa shape index (κ3) is 5.58. The van der Waals surface area contributed by atoms with Gasteiger partial charge in [-0.2, -0.15) is 0 Å². The van der Waals surface area contributed by atoms with Gasteiger partial charge in [-0.25, -0.2) is 0 Å². The number of ether oxygens (including phenoxy) is 1. The van der Waals surface area contributed by atoms with E-state index in [9.17, 15) is 0 Å². The van der Waals surface area contributed by atoms with Crippen LogP contribution in [0.4, 0.5) is 0 Å². The molecule has 0 heterocycles. The fraction of sp³-hybridized carbons (Fsp3) is 0.529. The summed E-state index contributed by atoms with van der Waals surface area (Å²) in [5.41, 5.74) is 2.84. The minimum Gasteiger partial charge on any atom is -0.383 e. The Kier molecular flexibility index (Phi) is 6.82. The molecular weight excluding hydrogens is 234 g/mol. The van der Waals surface area contributed by atoms with Gasteiger partial charge >= 0.3 is 0 Å². The highest BCUT2D eigenvalue weighted by atomic mass is 16.5. The normalized spacial score (nSPS) is 14.1. The zero-order valence-corrected chi connectivity index (χ0v) is 12.5. The van der Waals surface area contributed by atoms with Gasteiger partial charge in [0.15, 0.2) is 0 Å². The molecule has 0 radical (unpaired) electrons. The van der Waals surface area contributed by atoms with Crippen LogP contribution in [0.25, 0.3) is 0 Å². The summed E-state index contributed by atoms with van der Waals surface area (Å²) < 4.78 is 5.05. The molecule has 1 atom stereocenters. The summed E-state index contributed by atoms with van der Waals surface area (Å²) >= 11 is 0. The van der Waals surface area contributed by atoms with Crippen LogP contribution in [0.2, 0.25) is 0 Å². The first-order chi connectivity index (χ1) is 9.13. The minimum atomic E-state index is 0.0848. The zero-order chi connectivity index (χ0) is 14.1. The van der Waals surface area contributed by atoms with Gasteiger partial charge in [0.1, 0.15) is 0 Å². The van der Waals surface area contributed by atoms with Crippen molar-refractivity contribution in [1.82, 2.24) is 5.32 Å². The van der Waals surface area contributed by atoms with Crippen LogP contribution in [0, 0.1) is 5.41 Å².